The maximum atomic E-state index is 13.2. The topological polar surface area (TPSA) is 264 Å². The van der Waals surface area contributed by atoms with Gasteiger partial charge in [0.05, 0.1) is 6.20 Å². The molecule has 19 heteroatoms. The second-order valence-corrected chi connectivity index (χ2v) is 12.2. The third-order valence-electron chi connectivity index (χ3n) is 6.67. The summed E-state index contributed by atoms with van der Waals surface area (Å²) in [6, 6.07) is -1.40. The van der Waals surface area contributed by atoms with Crippen molar-refractivity contribution in [2.24, 2.45) is 5.16 Å². The predicted molar refractivity (Wildman–Crippen MR) is 159 cm³/mol. The second-order valence-electron chi connectivity index (χ2n) is 10.2. The number of carbonyl (C=O) groups is 5. The molecule has 7 N–H and O–H groups in total. The van der Waals surface area contributed by atoms with E-state index in [1.54, 1.807) is 0 Å². The molecule has 2 amide bonds. The molecule has 2 aromatic heterocycles. The number of β-lactam (4-membered cyclic amide) rings is 1. The van der Waals surface area contributed by atoms with Crippen molar-refractivity contribution < 1.29 is 49.2 Å². The lowest BCUT2D eigenvalue weighted by Gasteiger charge is -2.49. The van der Waals surface area contributed by atoms with Crippen LogP contribution in [-0.4, -0.2) is 93.1 Å². The largest absolute Gasteiger partial charge is 0.503 e. The number of amides is 2. The van der Waals surface area contributed by atoms with Crippen LogP contribution in [0.3, 0.4) is 0 Å². The quantitative estimate of drug-likeness (QED) is 0.107. The number of oxime groups is 1. The highest BCUT2D eigenvalue weighted by Crippen LogP contribution is 2.41. The molecule has 45 heavy (non-hydrogen) atoms. The molecule has 2 aromatic rings. The molecule has 0 spiro atoms. The smallest absolute Gasteiger partial charge is 0.352 e. The van der Waals surface area contributed by atoms with Gasteiger partial charge in [0.25, 0.3) is 11.8 Å². The number of thiazole rings is 1. The van der Waals surface area contributed by atoms with Gasteiger partial charge in [-0.05, 0) is 32.4 Å². The standard InChI is InChI=1S/C26H26N6O11S2/c1-10(22(37)38)31-7-15(34)14(33)6-12(31)5-4-11-8-44-21-17(20(36)32(21)18(11)23(39)40)29-19(35)16(13-9-45-25(27)28-13)30-43-26(2,3)24(41)42/h4-7,9-10,17,21,34H,8H2,1-3H3,(H2,27,28)(H,29,35)(H,37,38)(H,39,40)(H,41,42)/b5-4?,30-16-/t10-,17-,21-/m1/s1. The van der Waals surface area contributed by atoms with Crippen LogP contribution >= 0.6 is 23.1 Å². The molecule has 0 bridgehead atoms. The first-order chi connectivity index (χ1) is 21.0. The zero-order valence-corrected chi connectivity index (χ0v) is 25.3. The van der Waals surface area contributed by atoms with Gasteiger partial charge in [-0.25, -0.2) is 19.4 Å². The third-order valence-corrected chi connectivity index (χ3v) is 8.64. The highest BCUT2D eigenvalue weighted by molar-refractivity contribution is 8.00. The summed E-state index contributed by atoms with van der Waals surface area (Å²) in [6.45, 7) is 3.72. The minimum Gasteiger partial charge on any atom is -0.503 e. The Labute approximate surface area is 261 Å². The number of aliphatic carboxylic acids is 3. The Balaban J connectivity index is 1.61. The Morgan fingerprint density at radius 2 is 1.91 bits per heavy atom. The molecule has 2 aliphatic heterocycles. The van der Waals surface area contributed by atoms with Crippen molar-refractivity contribution in [2.45, 2.75) is 43.8 Å². The Bertz CT molecular complexity index is 1760. The van der Waals surface area contributed by atoms with Crippen molar-refractivity contribution >= 4 is 69.7 Å². The average molecular weight is 663 g/mol. The Hall–Kier alpha value is -5.17. The number of nitrogens with zero attached hydrogens (tertiary/aromatic N) is 4. The van der Waals surface area contributed by atoms with E-state index in [4.69, 9.17) is 10.6 Å². The van der Waals surface area contributed by atoms with Crippen LogP contribution in [0.15, 0.2) is 44.9 Å². The van der Waals surface area contributed by atoms with Gasteiger partial charge in [0.15, 0.2) is 16.6 Å². The second kappa shape index (κ2) is 12.4. The molecule has 0 aliphatic carbocycles. The number of nitrogens with one attached hydrogen (secondary N) is 1. The molecule has 17 nitrogen and oxygen atoms in total. The first-order valence-corrected chi connectivity index (χ1v) is 14.7. The fourth-order valence-electron chi connectivity index (χ4n) is 4.11. The molecule has 4 heterocycles. The highest BCUT2D eigenvalue weighted by Gasteiger charge is 2.54. The van der Waals surface area contributed by atoms with E-state index >= 15 is 0 Å². The Morgan fingerprint density at radius 1 is 1.22 bits per heavy atom. The number of aromatic nitrogens is 2. The van der Waals surface area contributed by atoms with Crippen LogP contribution in [0.4, 0.5) is 5.13 Å². The van der Waals surface area contributed by atoms with Crippen LogP contribution in [0.1, 0.15) is 38.2 Å². The number of hydrogen-bond donors (Lipinski definition) is 6. The lowest BCUT2D eigenvalue weighted by atomic mass is 10.0. The van der Waals surface area contributed by atoms with Gasteiger partial charge in [-0.1, -0.05) is 11.2 Å². The van der Waals surface area contributed by atoms with Gasteiger partial charge in [-0.15, -0.1) is 23.1 Å². The van der Waals surface area contributed by atoms with Gasteiger partial charge >= 0.3 is 17.9 Å². The number of carboxylic acid groups (broad SMARTS) is 3. The summed E-state index contributed by atoms with van der Waals surface area (Å²) in [6.07, 6.45) is 3.57. The summed E-state index contributed by atoms with van der Waals surface area (Å²) in [5, 5.41) is 45.3. The van der Waals surface area contributed by atoms with E-state index in [2.05, 4.69) is 15.5 Å². The number of allylic oxidation sites excluding steroid dienone is 1. The zero-order valence-electron chi connectivity index (χ0n) is 23.7. The van der Waals surface area contributed by atoms with E-state index in [0.29, 0.717) is 0 Å². The van der Waals surface area contributed by atoms with Gasteiger partial charge in [0.2, 0.25) is 11.0 Å². The van der Waals surface area contributed by atoms with E-state index in [1.807, 2.05) is 0 Å². The number of carboxylic acids is 3. The molecule has 2 aliphatic rings. The minimum atomic E-state index is -1.82. The lowest BCUT2D eigenvalue weighted by molar-refractivity contribution is -0.161. The monoisotopic (exact) mass is 662 g/mol. The van der Waals surface area contributed by atoms with Gasteiger partial charge in [0.1, 0.15) is 28.8 Å². The maximum absolute atomic E-state index is 13.2. The van der Waals surface area contributed by atoms with Crippen LogP contribution in [0.25, 0.3) is 6.08 Å². The fourth-order valence-corrected chi connectivity index (χ4v) is 5.97. The van der Waals surface area contributed by atoms with Crippen molar-refractivity contribution in [1.29, 1.82) is 0 Å². The number of fused-ring (bicyclic) bond motifs is 1. The molecule has 1 fully saturated rings. The molecule has 1 saturated heterocycles. The molecule has 238 valence electrons. The number of nitrogen functional groups attached to an aromatic ring is 1. The van der Waals surface area contributed by atoms with Crippen molar-refractivity contribution in [1.82, 2.24) is 19.8 Å². The van der Waals surface area contributed by atoms with E-state index < -0.39 is 75.4 Å². The number of pyridine rings is 1. The summed E-state index contributed by atoms with van der Waals surface area (Å²) >= 11 is 2.09. The Morgan fingerprint density at radius 3 is 2.49 bits per heavy atom. The third kappa shape index (κ3) is 6.53. The van der Waals surface area contributed by atoms with Gasteiger partial charge in [-0.2, -0.15) is 0 Å². The van der Waals surface area contributed by atoms with E-state index in [-0.39, 0.29) is 27.8 Å². The van der Waals surface area contributed by atoms with Crippen molar-refractivity contribution in [3.05, 3.63) is 56.6 Å². The number of carbonyl (C=O) groups excluding carboxylic acids is 2. The van der Waals surface area contributed by atoms with E-state index in [9.17, 15) is 49.2 Å². The average Bonchev–Trinajstić information content (AvgIpc) is 3.40. The summed E-state index contributed by atoms with van der Waals surface area (Å²) in [7, 11) is 0. The van der Waals surface area contributed by atoms with Crippen molar-refractivity contribution in [3.8, 4) is 5.75 Å². The molecule has 3 atom stereocenters. The van der Waals surface area contributed by atoms with Crippen LogP contribution in [-0.2, 0) is 28.8 Å². The first-order valence-electron chi connectivity index (χ1n) is 12.8. The summed E-state index contributed by atoms with van der Waals surface area (Å²) in [4.78, 5) is 83.8. The van der Waals surface area contributed by atoms with E-state index in [0.717, 1.165) is 44.8 Å². The van der Waals surface area contributed by atoms with Crippen LogP contribution in [0.5, 0.6) is 5.75 Å². The molecule has 0 unspecified atom stereocenters. The van der Waals surface area contributed by atoms with E-state index in [1.165, 1.54) is 38.3 Å². The predicted octanol–water partition coefficient (Wildman–Crippen LogP) is 0.274. The number of thioether (sulfide) groups is 1. The minimum absolute atomic E-state index is 0.0369. The summed E-state index contributed by atoms with van der Waals surface area (Å²) < 4.78 is 1.12. The van der Waals surface area contributed by atoms with Crippen LogP contribution in [0.2, 0.25) is 0 Å². The summed E-state index contributed by atoms with van der Waals surface area (Å²) in [5.74, 6) is -6.44. The van der Waals surface area contributed by atoms with Gasteiger partial charge < -0.3 is 40.9 Å². The SMILES string of the molecule is C[C@H](C(=O)O)n1cc(O)c(=O)cc1C=CC1=C(C(=O)O)N2C(=O)[C@@H](NC(=O)/C(=N\OC(C)(C)C(=O)O)c3csc(N)n3)[C@H]2SC1. The van der Waals surface area contributed by atoms with Crippen LogP contribution in [0, 0.1) is 0 Å². The molecule has 0 radical (unpaired) electrons. The van der Waals surface area contributed by atoms with Crippen molar-refractivity contribution in [3.63, 3.8) is 0 Å². The van der Waals surface area contributed by atoms with Gasteiger partial charge in [-0.3, -0.25) is 19.3 Å². The fraction of sp³-hybridized carbons (Fsp3) is 0.308. The molecule has 0 aromatic carbocycles. The molecule has 0 saturated carbocycles. The van der Waals surface area contributed by atoms with Gasteiger partial charge in [0, 0.05) is 22.9 Å². The number of aromatic hydroxyl groups is 1. The number of nitrogens with two attached hydrogens (primary N) is 1. The molecular weight excluding hydrogens is 636 g/mol. The number of hydrogen-bond acceptors (Lipinski definition) is 13. The maximum Gasteiger partial charge on any atom is 0.352 e. The summed E-state index contributed by atoms with van der Waals surface area (Å²) in [5.41, 5.74) is 2.38. The number of anilines is 1. The number of rotatable bonds is 11. The van der Waals surface area contributed by atoms with Crippen LogP contribution < -0.4 is 16.5 Å². The lowest BCUT2D eigenvalue weighted by Crippen LogP contribution is -2.71. The Kier molecular flexibility index (Phi) is 9.05. The molecule has 4 rings (SSSR count). The highest BCUT2D eigenvalue weighted by atomic mass is 32.2. The normalized spacial score (nSPS) is 19.1. The molecular formula is C26H26N6O11S2. The zero-order chi connectivity index (χ0) is 33.4. The first kappa shape index (κ1) is 32.7. The van der Waals surface area contributed by atoms with Crippen molar-refractivity contribution in [2.75, 3.05) is 11.5 Å².